The number of hydrogen-bond acceptors (Lipinski definition) is 3. The molecule has 1 amide bonds. The topological polar surface area (TPSA) is 58.4 Å². The first-order chi connectivity index (χ1) is 11.0. The van der Waals surface area contributed by atoms with E-state index in [1.165, 1.54) is 31.4 Å². The van der Waals surface area contributed by atoms with Gasteiger partial charge < -0.3 is 11.1 Å². The Bertz CT molecular complexity index is 506. The zero-order chi connectivity index (χ0) is 16.8. The Morgan fingerprint density at radius 1 is 1.33 bits per heavy atom. The standard InChI is InChI=1S/C19H31N3O.ClH/c1-4-14(2)18(20)19(23)21-17-10-8-16(9-11-17)13-22-12-6-5-7-15(22)3;/h8-11,14-15,18H,4-7,12-13,20H2,1-3H3,(H,21,23);1H. The molecule has 0 bridgehead atoms. The van der Waals surface area contributed by atoms with Crippen molar-refractivity contribution in [2.45, 2.75) is 65.1 Å². The number of likely N-dealkylation sites (tertiary alicyclic amines) is 1. The van der Waals surface area contributed by atoms with Crippen molar-refractivity contribution in [2.75, 3.05) is 11.9 Å². The summed E-state index contributed by atoms with van der Waals surface area (Å²) in [6.07, 6.45) is 4.84. The van der Waals surface area contributed by atoms with Crippen molar-refractivity contribution in [3.8, 4) is 0 Å². The number of rotatable bonds is 6. The van der Waals surface area contributed by atoms with Gasteiger partial charge in [-0.15, -0.1) is 12.4 Å². The molecule has 1 fully saturated rings. The van der Waals surface area contributed by atoms with Gasteiger partial charge in [0.25, 0.3) is 0 Å². The lowest BCUT2D eigenvalue weighted by Crippen LogP contribution is -2.40. The highest BCUT2D eigenvalue weighted by molar-refractivity contribution is 5.94. The lowest BCUT2D eigenvalue weighted by Gasteiger charge is -2.33. The normalized spacial score (nSPS) is 20.8. The zero-order valence-electron chi connectivity index (χ0n) is 15.1. The summed E-state index contributed by atoms with van der Waals surface area (Å²) in [6.45, 7) is 8.54. The Kier molecular flexibility index (Phi) is 8.74. The highest BCUT2D eigenvalue weighted by Gasteiger charge is 2.20. The van der Waals surface area contributed by atoms with Crippen LogP contribution in [0, 0.1) is 5.92 Å². The minimum Gasteiger partial charge on any atom is -0.325 e. The molecule has 0 spiro atoms. The van der Waals surface area contributed by atoms with E-state index in [0.29, 0.717) is 6.04 Å². The van der Waals surface area contributed by atoms with Gasteiger partial charge in [0.05, 0.1) is 6.04 Å². The molecule has 0 aromatic heterocycles. The smallest absolute Gasteiger partial charge is 0.241 e. The maximum atomic E-state index is 12.1. The fraction of sp³-hybridized carbons (Fsp3) is 0.632. The third-order valence-electron chi connectivity index (χ3n) is 5.11. The summed E-state index contributed by atoms with van der Waals surface area (Å²) in [5.74, 6) is 0.0895. The number of piperidine rings is 1. The van der Waals surface area contributed by atoms with E-state index in [1.807, 2.05) is 26.0 Å². The summed E-state index contributed by atoms with van der Waals surface area (Å²) in [7, 11) is 0. The summed E-state index contributed by atoms with van der Waals surface area (Å²) in [5, 5.41) is 2.92. The Hall–Kier alpha value is -1.10. The van der Waals surface area contributed by atoms with Crippen molar-refractivity contribution in [1.82, 2.24) is 4.90 Å². The van der Waals surface area contributed by atoms with E-state index in [9.17, 15) is 4.79 Å². The van der Waals surface area contributed by atoms with Crippen LogP contribution in [-0.4, -0.2) is 29.4 Å². The van der Waals surface area contributed by atoms with Gasteiger partial charge in [-0.1, -0.05) is 38.8 Å². The number of carbonyl (C=O) groups excluding carboxylic acids is 1. The van der Waals surface area contributed by atoms with Crippen molar-refractivity contribution in [1.29, 1.82) is 0 Å². The van der Waals surface area contributed by atoms with Crippen LogP contribution in [0.4, 0.5) is 5.69 Å². The number of nitrogens with two attached hydrogens (primary N) is 1. The number of amides is 1. The number of anilines is 1. The average Bonchev–Trinajstić information content (AvgIpc) is 2.57. The Morgan fingerprint density at radius 3 is 2.58 bits per heavy atom. The fourth-order valence-corrected chi connectivity index (χ4v) is 3.06. The molecule has 24 heavy (non-hydrogen) atoms. The van der Waals surface area contributed by atoms with Gasteiger partial charge in [-0.25, -0.2) is 0 Å². The minimum absolute atomic E-state index is 0. The van der Waals surface area contributed by atoms with Gasteiger partial charge in [-0.2, -0.15) is 0 Å². The molecular formula is C19H32ClN3O. The van der Waals surface area contributed by atoms with Crippen molar-refractivity contribution < 1.29 is 4.79 Å². The molecule has 1 aromatic carbocycles. The molecule has 3 unspecified atom stereocenters. The van der Waals surface area contributed by atoms with E-state index in [0.717, 1.165) is 18.7 Å². The van der Waals surface area contributed by atoms with Gasteiger partial charge in [0.1, 0.15) is 0 Å². The summed E-state index contributed by atoms with van der Waals surface area (Å²) in [5.41, 5.74) is 8.09. The molecule has 3 atom stereocenters. The van der Waals surface area contributed by atoms with Crippen LogP contribution in [0.15, 0.2) is 24.3 Å². The first kappa shape index (κ1) is 20.9. The number of halogens is 1. The average molecular weight is 354 g/mol. The monoisotopic (exact) mass is 353 g/mol. The maximum absolute atomic E-state index is 12.1. The van der Waals surface area contributed by atoms with E-state index in [-0.39, 0.29) is 24.2 Å². The third-order valence-corrected chi connectivity index (χ3v) is 5.11. The minimum atomic E-state index is -0.450. The van der Waals surface area contributed by atoms with E-state index < -0.39 is 6.04 Å². The van der Waals surface area contributed by atoms with Crippen molar-refractivity contribution in [3.05, 3.63) is 29.8 Å². The van der Waals surface area contributed by atoms with Gasteiger partial charge in [0, 0.05) is 18.3 Å². The second kappa shape index (κ2) is 10.0. The van der Waals surface area contributed by atoms with Crippen LogP contribution >= 0.6 is 12.4 Å². The zero-order valence-corrected chi connectivity index (χ0v) is 15.9. The molecular weight excluding hydrogens is 322 g/mol. The molecule has 0 radical (unpaired) electrons. The van der Waals surface area contributed by atoms with Crippen molar-refractivity contribution >= 4 is 24.0 Å². The molecule has 4 nitrogen and oxygen atoms in total. The molecule has 1 aromatic rings. The Balaban J connectivity index is 0.00000288. The van der Waals surface area contributed by atoms with Gasteiger partial charge in [-0.05, 0) is 49.9 Å². The first-order valence-corrected chi connectivity index (χ1v) is 8.90. The fourth-order valence-electron chi connectivity index (χ4n) is 3.06. The Labute approximate surface area is 152 Å². The largest absolute Gasteiger partial charge is 0.325 e. The number of hydrogen-bond donors (Lipinski definition) is 2. The van der Waals surface area contributed by atoms with E-state index in [1.54, 1.807) is 0 Å². The number of nitrogens with one attached hydrogen (secondary N) is 1. The molecule has 1 saturated heterocycles. The van der Waals surface area contributed by atoms with Crippen LogP contribution in [0.25, 0.3) is 0 Å². The lowest BCUT2D eigenvalue weighted by atomic mass is 9.99. The quantitative estimate of drug-likeness (QED) is 0.817. The predicted octanol–water partition coefficient (Wildman–Crippen LogP) is 3.79. The summed E-state index contributed by atoms with van der Waals surface area (Å²) < 4.78 is 0. The van der Waals surface area contributed by atoms with Crippen LogP contribution in [0.3, 0.4) is 0 Å². The van der Waals surface area contributed by atoms with Gasteiger partial charge in [0.2, 0.25) is 5.91 Å². The van der Waals surface area contributed by atoms with Crippen LogP contribution in [0.2, 0.25) is 0 Å². The molecule has 1 aliphatic rings. The summed E-state index contributed by atoms with van der Waals surface area (Å²) in [4.78, 5) is 14.7. The number of carbonyl (C=O) groups is 1. The highest BCUT2D eigenvalue weighted by atomic mass is 35.5. The van der Waals surface area contributed by atoms with Crippen LogP contribution < -0.4 is 11.1 Å². The van der Waals surface area contributed by atoms with Gasteiger partial charge in [-0.3, -0.25) is 9.69 Å². The second-order valence-electron chi connectivity index (χ2n) is 6.91. The molecule has 5 heteroatoms. The molecule has 2 rings (SSSR count). The lowest BCUT2D eigenvalue weighted by molar-refractivity contribution is -0.118. The van der Waals surface area contributed by atoms with E-state index in [4.69, 9.17) is 5.73 Å². The Morgan fingerprint density at radius 2 is 2.00 bits per heavy atom. The molecule has 3 N–H and O–H groups in total. The SMILES string of the molecule is CCC(C)C(N)C(=O)Nc1ccc(CN2CCCCC2C)cc1.Cl. The van der Waals surface area contributed by atoms with Crippen LogP contribution in [0.5, 0.6) is 0 Å². The van der Waals surface area contributed by atoms with Gasteiger partial charge in [0.15, 0.2) is 0 Å². The second-order valence-corrected chi connectivity index (χ2v) is 6.91. The van der Waals surface area contributed by atoms with Crippen molar-refractivity contribution in [3.63, 3.8) is 0 Å². The molecule has 0 saturated carbocycles. The van der Waals surface area contributed by atoms with Gasteiger partial charge >= 0.3 is 0 Å². The number of benzene rings is 1. The van der Waals surface area contributed by atoms with Crippen molar-refractivity contribution in [2.24, 2.45) is 11.7 Å². The number of nitrogens with zero attached hydrogens (tertiary/aromatic N) is 1. The molecule has 136 valence electrons. The molecule has 1 aliphatic heterocycles. The van der Waals surface area contributed by atoms with Crippen LogP contribution in [0.1, 0.15) is 52.0 Å². The highest BCUT2D eigenvalue weighted by Crippen LogP contribution is 2.20. The van der Waals surface area contributed by atoms with E-state index in [2.05, 4.69) is 29.3 Å². The summed E-state index contributed by atoms with van der Waals surface area (Å²) in [6, 6.07) is 8.37. The molecule has 1 heterocycles. The molecule has 0 aliphatic carbocycles. The first-order valence-electron chi connectivity index (χ1n) is 8.90. The van der Waals surface area contributed by atoms with Crippen LogP contribution in [-0.2, 0) is 11.3 Å². The summed E-state index contributed by atoms with van der Waals surface area (Å²) >= 11 is 0. The van der Waals surface area contributed by atoms with E-state index >= 15 is 0 Å². The third kappa shape index (κ3) is 5.76. The predicted molar refractivity (Wildman–Crippen MR) is 103 cm³/mol. The maximum Gasteiger partial charge on any atom is 0.241 e.